The van der Waals surface area contributed by atoms with Crippen LogP contribution < -0.4 is 0 Å². The summed E-state index contributed by atoms with van der Waals surface area (Å²) in [5.74, 6) is -0.831. The van der Waals surface area contributed by atoms with Gasteiger partial charge in [0, 0.05) is 5.92 Å². The highest BCUT2D eigenvalue weighted by Crippen LogP contribution is 2.51. The van der Waals surface area contributed by atoms with Gasteiger partial charge in [0.1, 0.15) is 0 Å². The Labute approximate surface area is 236 Å². The second kappa shape index (κ2) is 18.1. The van der Waals surface area contributed by atoms with E-state index in [2.05, 4.69) is 48.5 Å². The van der Waals surface area contributed by atoms with Crippen LogP contribution in [0.3, 0.4) is 0 Å². The lowest BCUT2D eigenvalue weighted by Crippen LogP contribution is -2.54. The van der Waals surface area contributed by atoms with Gasteiger partial charge in [0.25, 0.3) is 0 Å². The molecule has 0 fully saturated rings. The summed E-state index contributed by atoms with van der Waals surface area (Å²) < 4.78 is 5.76. The predicted molar refractivity (Wildman–Crippen MR) is 163 cm³/mol. The number of hydrogen-bond donors (Lipinski definition) is 1. The van der Waals surface area contributed by atoms with Gasteiger partial charge in [-0.25, -0.2) is 4.79 Å². The number of unbranched alkanes of at least 4 members (excludes halogenated alkanes) is 15. The average molecular weight is 531 g/mol. The highest BCUT2D eigenvalue weighted by Gasteiger charge is 2.56. The zero-order chi connectivity index (χ0) is 28.5. The molecule has 3 nitrogen and oxygen atoms in total. The van der Waals surface area contributed by atoms with E-state index in [9.17, 15) is 9.90 Å². The monoisotopic (exact) mass is 530 g/mol. The topological polar surface area (TPSA) is 46.5 Å². The van der Waals surface area contributed by atoms with Crippen molar-refractivity contribution in [2.75, 3.05) is 6.61 Å². The fourth-order valence-corrected chi connectivity index (χ4v) is 6.57. The van der Waals surface area contributed by atoms with Gasteiger partial charge in [-0.2, -0.15) is 0 Å². The lowest BCUT2D eigenvalue weighted by atomic mass is 9.57. The van der Waals surface area contributed by atoms with Crippen LogP contribution in [0.4, 0.5) is 0 Å². The second-order valence-corrected chi connectivity index (χ2v) is 13.7. The van der Waals surface area contributed by atoms with Gasteiger partial charge >= 0.3 is 5.97 Å². The minimum atomic E-state index is -1.69. The maximum absolute atomic E-state index is 13.5. The highest BCUT2D eigenvalue weighted by atomic mass is 16.5. The first-order chi connectivity index (χ1) is 18.0. The summed E-state index contributed by atoms with van der Waals surface area (Å²) in [5.41, 5.74) is -1.66. The molecule has 1 atom stereocenters. The standard InChI is InChI=1S/C35H62O3/c1-8-9-10-11-12-13-14-15-16-17-18-19-20-21-22-26-29-38-32(36)35(37,30-27-24-23-25-28-30)31(33(2,3)4)34(5,6)7/h23-25,27-28,31,37H,8-22,26,29H2,1-7H3. The van der Waals surface area contributed by atoms with E-state index in [1.165, 1.54) is 89.9 Å². The van der Waals surface area contributed by atoms with Crippen LogP contribution in [-0.2, 0) is 15.1 Å². The maximum Gasteiger partial charge on any atom is 0.343 e. The van der Waals surface area contributed by atoms with Gasteiger partial charge in [0.15, 0.2) is 5.60 Å². The van der Waals surface area contributed by atoms with Crippen molar-refractivity contribution in [1.29, 1.82) is 0 Å². The van der Waals surface area contributed by atoms with Gasteiger partial charge in [0.2, 0.25) is 0 Å². The molecular weight excluding hydrogens is 468 g/mol. The Balaban J connectivity index is 2.34. The number of rotatable bonds is 20. The summed E-state index contributed by atoms with van der Waals surface area (Å²) in [4.78, 5) is 13.5. The predicted octanol–water partition coefficient (Wildman–Crippen LogP) is 10.4. The molecule has 0 aromatic heterocycles. The molecule has 1 N–H and O–H groups in total. The van der Waals surface area contributed by atoms with Crippen LogP contribution in [0.15, 0.2) is 30.3 Å². The summed E-state index contributed by atoms with van der Waals surface area (Å²) in [6.45, 7) is 15.2. The first-order valence-corrected chi connectivity index (χ1v) is 15.9. The number of aliphatic hydroxyl groups is 1. The van der Waals surface area contributed by atoms with Gasteiger partial charge in [-0.15, -0.1) is 0 Å². The maximum atomic E-state index is 13.5. The van der Waals surface area contributed by atoms with Crippen molar-refractivity contribution >= 4 is 5.97 Å². The second-order valence-electron chi connectivity index (χ2n) is 13.7. The molecule has 0 aliphatic rings. The van der Waals surface area contributed by atoms with Gasteiger partial charge in [-0.3, -0.25) is 0 Å². The van der Waals surface area contributed by atoms with Crippen LogP contribution in [0, 0.1) is 16.7 Å². The minimum Gasteiger partial charge on any atom is -0.463 e. The molecule has 0 aliphatic carbocycles. The summed E-state index contributed by atoms with van der Waals surface area (Å²) in [6.07, 6.45) is 21.0. The van der Waals surface area contributed by atoms with Crippen molar-refractivity contribution in [2.24, 2.45) is 16.7 Å². The minimum absolute atomic E-state index is 0.296. The van der Waals surface area contributed by atoms with Crippen LogP contribution in [0.2, 0.25) is 0 Å². The smallest absolute Gasteiger partial charge is 0.343 e. The molecule has 0 amide bonds. The molecular formula is C35H62O3. The zero-order valence-electron chi connectivity index (χ0n) is 26.2. The number of esters is 1. The van der Waals surface area contributed by atoms with E-state index in [0.717, 1.165) is 12.8 Å². The quantitative estimate of drug-likeness (QED) is 0.135. The Hall–Kier alpha value is -1.35. The Bertz CT molecular complexity index is 714. The molecule has 0 spiro atoms. The fourth-order valence-electron chi connectivity index (χ4n) is 6.57. The van der Waals surface area contributed by atoms with Crippen molar-refractivity contribution in [3.63, 3.8) is 0 Å². The summed E-state index contributed by atoms with van der Waals surface area (Å²) in [6, 6.07) is 9.37. The SMILES string of the molecule is CCCCCCCCCCCCCCCCCCOC(=O)C(O)(c1ccccc1)C(C(C)(C)C)C(C)(C)C. The van der Waals surface area contributed by atoms with E-state index >= 15 is 0 Å². The van der Waals surface area contributed by atoms with Crippen LogP contribution in [0.1, 0.15) is 157 Å². The molecule has 0 bridgehead atoms. The first kappa shape index (κ1) is 34.7. The van der Waals surface area contributed by atoms with E-state index in [-0.39, 0.29) is 16.7 Å². The molecule has 0 aliphatic heterocycles. The van der Waals surface area contributed by atoms with Crippen LogP contribution in [-0.4, -0.2) is 17.7 Å². The van der Waals surface area contributed by atoms with Crippen molar-refractivity contribution in [3.8, 4) is 0 Å². The normalized spacial score (nSPS) is 14.0. The number of carbonyl (C=O) groups is 1. The van der Waals surface area contributed by atoms with E-state index in [1.54, 1.807) is 0 Å². The van der Waals surface area contributed by atoms with E-state index in [1.807, 2.05) is 30.3 Å². The van der Waals surface area contributed by atoms with Gasteiger partial charge in [-0.05, 0) is 22.8 Å². The molecule has 220 valence electrons. The van der Waals surface area contributed by atoms with Crippen molar-refractivity contribution in [2.45, 2.75) is 157 Å². The van der Waals surface area contributed by atoms with Crippen molar-refractivity contribution < 1.29 is 14.6 Å². The van der Waals surface area contributed by atoms with E-state index in [4.69, 9.17) is 4.74 Å². The number of hydrogen-bond acceptors (Lipinski definition) is 3. The van der Waals surface area contributed by atoms with Crippen LogP contribution >= 0.6 is 0 Å². The molecule has 1 aromatic rings. The Morgan fingerprint density at radius 2 is 1.03 bits per heavy atom. The lowest BCUT2D eigenvalue weighted by molar-refractivity contribution is -0.189. The Morgan fingerprint density at radius 3 is 1.39 bits per heavy atom. The molecule has 3 heteroatoms. The molecule has 0 saturated carbocycles. The molecule has 0 radical (unpaired) electrons. The van der Waals surface area contributed by atoms with Crippen LogP contribution in [0.5, 0.6) is 0 Å². The fraction of sp³-hybridized carbons (Fsp3) is 0.800. The third-order valence-electron chi connectivity index (χ3n) is 7.91. The molecule has 0 saturated heterocycles. The first-order valence-electron chi connectivity index (χ1n) is 15.9. The zero-order valence-corrected chi connectivity index (χ0v) is 26.2. The molecule has 38 heavy (non-hydrogen) atoms. The molecule has 0 heterocycles. The van der Waals surface area contributed by atoms with Crippen molar-refractivity contribution in [3.05, 3.63) is 35.9 Å². The summed E-state index contributed by atoms with van der Waals surface area (Å²) in [7, 11) is 0. The van der Waals surface area contributed by atoms with E-state index in [0.29, 0.717) is 12.2 Å². The average Bonchev–Trinajstić information content (AvgIpc) is 2.84. The van der Waals surface area contributed by atoms with Gasteiger partial charge in [-0.1, -0.05) is 175 Å². The molecule has 1 aromatic carbocycles. The number of ether oxygens (including phenoxy) is 1. The highest BCUT2D eigenvalue weighted by molar-refractivity contribution is 5.82. The lowest BCUT2D eigenvalue weighted by Gasteiger charge is -2.49. The van der Waals surface area contributed by atoms with E-state index < -0.39 is 11.6 Å². The molecule has 1 unspecified atom stereocenters. The summed E-state index contributed by atoms with van der Waals surface area (Å²) >= 11 is 0. The number of carbonyl (C=O) groups excluding carboxylic acids is 1. The summed E-state index contributed by atoms with van der Waals surface area (Å²) in [5, 5.41) is 12.0. The van der Waals surface area contributed by atoms with Crippen molar-refractivity contribution in [1.82, 2.24) is 0 Å². The largest absolute Gasteiger partial charge is 0.463 e. The number of benzene rings is 1. The van der Waals surface area contributed by atoms with Gasteiger partial charge in [0.05, 0.1) is 6.61 Å². The van der Waals surface area contributed by atoms with Gasteiger partial charge < -0.3 is 9.84 Å². The molecule has 1 rings (SSSR count). The third-order valence-corrected chi connectivity index (χ3v) is 7.91. The Kier molecular flexibility index (Phi) is 16.5. The van der Waals surface area contributed by atoms with Crippen LogP contribution in [0.25, 0.3) is 0 Å². The third kappa shape index (κ3) is 12.7. The Morgan fingerprint density at radius 1 is 0.658 bits per heavy atom.